The predicted molar refractivity (Wildman–Crippen MR) is 195 cm³/mol. The van der Waals surface area contributed by atoms with Crippen molar-refractivity contribution in [1.29, 1.82) is 0 Å². The number of carbonyl (C=O) groups is 2. The van der Waals surface area contributed by atoms with E-state index in [1.807, 2.05) is 12.1 Å². The number of nitrogens with two attached hydrogens (primary N) is 2. The molecular weight excluding hydrogens is 674 g/mol. The van der Waals surface area contributed by atoms with Crippen LogP contribution in [0, 0.1) is 11.8 Å². The zero-order chi connectivity index (χ0) is 36.5. The van der Waals surface area contributed by atoms with Gasteiger partial charge in [0.25, 0.3) is 0 Å². The molecule has 0 radical (unpaired) electrons. The Balaban J connectivity index is 0.000000162. The Kier molecular flexibility index (Phi) is 10.2. The van der Waals surface area contributed by atoms with Gasteiger partial charge in [-0.3, -0.25) is 9.59 Å². The molecule has 16 heteroatoms. The minimum Gasteiger partial charge on any atom is -0.396 e. The summed E-state index contributed by atoms with van der Waals surface area (Å²) in [4.78, 5) is 45.6. The van der Waals surface area contributed by atoms with Crippen LogP contribution < -0.4 is 31.9 Å². The lowest BCUT2D eigenvalue weighted by Crippen LogP contribution is -2.30. The fourth-order valence-electron chi connectivity index (χ4n) is 7.23. The number of anilines is 6. The number of aliphatic hydroxyl groups excluding tert-OH is 2. The first-order chi connectivity index (χ1) is 25.1. The number of aromatic nitrogens is 4. The Morgan fingerprint density at radius 3 is 1.50 bits per heavy atom. The number of nitrogen functional groups attached to an aromatic ring is 2. The molecule has 52 heavy (non-hydrogen) atoms. The van der Waals surface area contributed by atoms with E-state index in [0.29, 0.717) is 46.9 Å². The molecule has 6 atom stereocenters. The van der Waals surface area contributed by atoms with Gasteiger partial charge < -0.3 is 42.1 Å². The van der Waals surface area contributed by atoms with Crippen molar-refractivity contribution < 1.29 is 28.6 Å². The molecule has 6 heterocycles. The third kappa shape index (κ3) is 7.62. The van der Waals surface area contributed by atoms with Crippen LogP contribution in [0.2, 0.25) is 0 Å². The molecule has 2 unspecified atom stereocenters. The average molecular weight is 719 g/mol. The maximum atomic E-state index is 13.0. The second kappa shape index (κ2) is 14.9. The number of alkyl halides is 2. The molecular formula is C36H44F2N10O4. The third-order valence-electron chi connectivity index (χ3n) is 10.3. The number of amides is 2. The van der Waals surface area contributed by atoms with E-state index in [4.69, 9.17) is 11.5 Å². The van der Waals surface area contributed by atoms with Crippen LogP contribution in [-0.4, -0.2) is 92.7 Å². The highest BCUT2D eigenvalue weighted by atomic mass is 19.1. The molecule has 4 aromatic heterocycles. The summed E-state index contributed by atoms with van der Waals surface area (Å²) < 4.78 is 26.1. The van der Waals surface area contributed by atoms with Crippen molar-refractivity contribution in [2.75, 3.05) is 58.2 Å². The maximum absolute atomic E-state index is 13.0. The van der Waals surface area contributed by atoms with E-state index >= 15 is 0 Å². The first-order valence-corrected chi connectivity index (χ1v) is 17.9. The van der Waals surface area contributed by atoms with Crippen LogP contribution in [0.3, 0.4) is 0 Å². The van der Waals surface area contributed by atoms with E-state index in [1.54, 1.807) is 24.5 Å². The Labute approximate surface area is 299 Å². The van der Waals surface area contributed by atoms with Crippen molar-refractivity contribution >= 4 is 68.3 Å². The number of aliphatic hydroxyl groups is 2. The zero-order valence-corrected chi connectivity index (χ0v) is 28.7. The molecule has 4 fully saturated rings. The number of carbonyl (C=O) groups excluding carboxylic acids is 2. The van der Waals surface area contributed by atoms with E-state index in [9.17, 15) is 28.6 Å². The number of nitrogens with one attached hydrogen (secondary N) is 2. The summed E-state index contributed by atoms with van der Waals surface area (Å²) >= 11 is 0. The van der Waals surface area contributed by atoms with E-state index in [0.717, 1.165) is 61.2 Å². The SMILES string of the molecule is Nc1nc(N2CCCC2CCO)cc2cc(NC(=O)[C@@H]3C[C@@H]3F)ncc12.Nc1nc(N2CCCC2CCO)cc2cc(NC(=O)[C@H]3C[C@H]3F)ncc12. The highest BCUT2D eigenvalue weighted by Crippen LogP contribution is 2.37. The normalized spacial score (nSPS) is 24.8. The van der Waals surface area contributed by atoms with E-state index < -0.39 is 24.2 Å². The minimum absolute atomic E-state index is 0.140. The molecule has 14 nitrogen and oxygen atoms in total. The topological polar surface area (TPSA) is 209 Å². The quantitative estimate of drug-likeness (QED) is 0.139. The summed E-state index contributed by atoms with van der Waals surface area (Å²) in [6, 6.07) is 7.83. The van der Waals surface area contributed by atoms with Gasteiger partial charge in [0.15, 0.2) is 0 Å². The van der Waals surface area contributed by atoms with Crippen molar-refractivity contribution in [2.24, 2.45) is 11.8 Å². The fourth-order valence-corrected chi connectivity index (χ4v) is 7.23. The third-order valence-corrected chi connectivity index (χ3v) is 10.3. The summed E-state index contributed by atoms with van der Waals surface area (Å²) in [6.45, 7) is 2.02. The summed E-state index contributed by atoms with van der Waals surface area (Å²) in [5.74, 6) is 1.25. The molecule has 2 aliphatic heterocycles. The summed E-state index contributed by atoms with van der Waals surface area (Å²) in [5.41, 5.74) is 12.2. The maximum Gasteiger partial charge on any atom is 0.231 e. The van der Waals surface area contributed by atoms with Crippen molar-refractivity contribution in [2.45, 2.75) is 75.8 Å². The van der Waals surface area contributed by atoms with Gasteiger partial charge in [-0.25, -0.2) is 28.7 Å². The van der Waals surface area contributed by atoms with Crippen LogP contribution in [0.25, 0.3) is 21.5 Å². The van der Waals surface area contributed by atoms with Gasteiger partial charge in [-0.1, -0.05) is 0 Å². The minimum atomic E-state index is -1.04. The molecule has 8 N–H and O–H groups in total. The molecule has 8 rings (SSSR count). The Morgan fingerprint density at radius 1 is 0.731 bits per heavy atom. The van der Waals surface area contributed by atoms with Gasteiger partial charge in [0.2, 0.25) is 11.8 Å². The monoisotopic (exact) mass is 718 g/mol. The lowest BCUT2D eigenvalue weighted by atomic mass is 10.1. The lowest BCUT2D eigenvalue weighted by Gasteiger charge is -2.25. The second-order valence-electron chi connectivity index (χ2n) is 14.0. The van der Waals surface area contributed by atoms with Gasteiger partial charge in [0, 0.05) is 61.6 Å². The Bertz CT molecular complexity index is 1830. The summed E-state index contributed by atoms with van der Waals surface area (Å²) in [7, 11) is 0. The van der Waals surface area contributed by atoms with Gasteiger partial charge in [-0.2, -0.15) is 0 Å². The van der Waals surface area contributed by atoms with Crippen LogP contribution in [-0.2, 0) is 9.59 Å². The highest BCUT2D eigenvalue weighted by Gasteiger charge is 2.44. The van der Waals surface area contributed by atoms with E-state index in [1.165, 1.54) is 0 Å². The standard InChI is InChI=1S/2C18H22FN5O2/c2*19-14-8-12(14)18(26)22-15-6-10-7-16(23-17(20)13(10)9-21-15)24-4-1-2-11(24)3-5-25/h2*6-7,9,11-12,14,25H,1-5,8H2,(H2,20,23)(H,21,22,26)/t2*11?,12-,14+/m10/s1. The smallest absolute Gasteiger partial charge is 0.231 e. The number of rotatable bonds is 10. The van der Waals surface area contributed by atoms with E-state index in [-0.39, 0.29) is 50.0 Å². The Morgan fingerprint density at radius 2 is 1.13 bits per heavy atom. The fraction of sp³-hybridized carbons (Fsp3) is 0.500. The van der Waals surface area contributed by atoms with Crippen LogP contribution in [0.5, 0.6) is 0 Å². The molecule has 2 aliphatic carbocycles. The van der Waals surface area contributed by atoms with Crippen LogP contribution in [0.15, 0.2) is 36.7 Å². The Hall–Kier alpha value is -4.96. The number of nitrogens with zero attached hydrogens (tertiary/aromatic N) is 6. The predicted octanol–water partition coefficient (Wildman–Crippen LogP) is 3.72. The number of pyridine rings is 4. The van der Waals surface area contributed by atoms with Crippen LogP contribution in [0.4, 0.5) is 43.7 Å². The van der Waals surface area contributed by atoms with Crippen molar-refractivity contribution in [3.63, 3.8) is 0 Å². The van der Waals surface area contributed by atoms with Crippen molar-refractivity contribution in [3.05, 3.63) is 36.7 Å². The first kappa shape index (κ1) is 35.4. The summed E-state index contributed by atoms with van der Waals surface area (Å²) in [6.07, 6.45) is 7.16. The molecule has 0 aromatic carbocycles. The number of fused-ring (bicyclic) bond motifs is 2. The zero-order valence-electron chi connectivity index (χ0n) is 28.7. The van der Waals surface area contributed by atoms with Crippen LogP contribution in [0.1, 0.15) is 51.4 Å². The highest BCUT2D eigenvalue weighted by molar-refractivity contribution is 5.99. The molecule has 0 spiro atoms. The van der Waals surface area contributed by atoms with Gasteiger partial charge >= 0.3 is 0 Å². The first-order valence-electron chi connectivity index (χ1n) is 17.9. The molecule has 276 valence electrons. The largest absolute Gasteiger partial charge is 0.396 e. The second-order valence-corrected chi connectivity index (χ2v) is 14.0. The van der Waals surface area contributed by atoms with Gasteiger partial charge in [0.05, 0.1) is 11.8 Å². The van der Waals surface area contributed by atoms with Crippen molar-refractivity contribution in [1.82, 2.24) is 19.9 Å². The van der Waals surface area contributed by atoms with Gasteiger partial charge in [-0.05, 0) is 86.4 Å². The molecule has 4 aliphatic rings. The molecule has 2 saturated carbocycles. The van der Waals surface area contributed by atoms with Crippen LogP contribution >= 0.6 is 0 Å². The molecule has 2 amide bonds. The summed E-state index contributed by atoms with van der Waals surface area (Å²) in [5, 5.41) is 26.9. The molecule has 0 bridgehead atoms. The lowest BCUT2D eigenvalue weighted by molar-refractivity contribution is -0.118. The van der Waals surface area contributed by atoms with Gasteiger partial charge in [-0.15, -0.1) is 0 Å². The number of hydrogen-bond acceptors (Lipinski definition) is 12. The molecule has 4 aromatic rings. The number of hydrogen-bond donors (Lipinski definition) is 6. The number of halogens is 2. The average Bonchev–Trinajstić information content (AvgIpc) is 3.90. The van der Waals surface area contributed by atoms with E-state index in [2.05, 4.69) is 40.4 Å². The molecule has 2 saturated heterocycles. The van der Waals surface area contributed by atoms with Crippen molar-refractivity contribution in [3.8, 4) is 0 Å². The van der Waals surface area contributed by atoms with Gasteiger partial charge in [0.1, 0.15) is 47.3 Å².